The van der Waals surface area contributed by atoms with Crippen LogP contribution in [0.1, 0.15) is 19.8 Å². The second kappa shape index (κ2) is 15.9. The molecule has 114 valence electrons. The molecule has 0 radical (unpaired) electrons. The van der Waals surface area contributed by atoms with Crippen molar-refractivity contribution in [3.8, 4) is 0 Å². The van der Waals surface area contributed by atoms with Gasteiger partial charge in [0.1, 0.15) is 0 Å². The normalized spacial score (nSPS) is 8.57. The summed E-state index contributed by atoms with van der Waals surface area (Å²) in [4.78, 5) is 0. The van der Waals surface area contributed by atoms with Gasteiger partial charge in [-0.25, -0.2) is 0 Å². The molecule has 0 amide bonds. The second-order valence-electron chi connectivity index (χ2n) is 3.93. The van der Waals surface area contributed by atoms with Gasteiger partial charge < -0.3 is 10.4 Å². The molecule has 0 aliphatic rings. The summed E-state index contributed by atoms with van der Waals surface area (Å²) in [5.41, 5.74) is 1.99. The van der Waals surface area contributed by atoms with Crippen molar-refractivity contribution >= 4 is 30.0 Å². The first-order valence-electron chi connectivity index (χ1n) is 6.67. The molecule has 21 heavy (non-hydrogen) atoms. The summed E-state index contributed by atoms with van der Waals surface area (Å²) in [7, 11) is 9.78. The molecular weight excluding hydrogens is 341 g/mol. The van der Waals surface area contributed by atoms with Gasteiger partial charge in [0.25, 0.3) is 0 Å². The zero-order chi connectivity index (χ0) is 15.8. The van der Waals surface area contributed by atoms with Crippen molar-refractivity contribution < 1.29 is 22.1 Å². The number of nitrogens with zero attached hydrogens (tertiary/aromatic N) is 1. The summed E-state index contributed by atoms with van der Waals surface area (Å²) in [6.45, 7) is 2.40. The fraction of sp³-hybridized carbons (Fsp3) is 0.250. The Morgan fingerprint density at radius 1 is 0.905 bits per heavy atom. The van der Waals surface area contributed by atoms with Crippen molar-refractivity contribution in [3.05, 3.63) is 66.0 Å². The van der Waals surface area contributed by atoms with E-state index in [9.17, 15) is 0 Å². The average Bonchev–Trinajstić information content (AvgIpc) is 2.52. The summed E-state index contributed by atoms with van der Waals surface area (Å²) >= 11 is -0.556. The molecule has 0 aliphatic carbocycles. The van der Waals surface area contributed by atoms with Crippen LogP contribution in [0.25, 0.3) is 5.32 Å². The molecule has 0 spiro atoms. The van der Waals surface area contributed by atoms with Gasteiger partial charge in [0.05, 0.1) is 0 Å². The van der Waals surface area contributed by atoms with Crippen LogP contribution in [0, 0.1) is 0 Å². The first-order chi connectivity index (χ1) is 10.3. The van der Waals surface area contributed by atoms with Crippen LogP contribution in [0.15, 0.2) is 60.7 Å². The molecular formula is C16H20Cl2NOTi-. The Bertz CT molecular complexity index is 389. The molecule has 2 aromatic rings. The summed E-state index contributed by atoms with van der Waals surface area (Å²) < 4.78 is 0. The molecule has 5 heteroatoms. The van der Waals surface area contributed by atoms with Crippen LogP contribution in [0.4, 0.5) is 11.4 Å². The molecule has 2 rings (SSSR count). The number of benzene rings is 2. The van der Waals surface area contributed by atoms with E-state index in [4.69, 9.17) is 23.7 Å². The predicted molar refractivity (Wildman–Crippen MR) is 89.3 cm³/mol. The first kappa shape index (κ1) is 20.5. The number of para-hydroxylation sites is 2. The predicted octanol–water partition coefficient (Wildman–Crippen LogP) is 6.18. The Morgan fingerprint density at radius 3 is 1.52 bits per heavy atom. The molecule has 0 aliphatic heterocycles. The fourth-order valence-corrected chi connectivity index (χ4v) is 1.31. The van der Waals surface area contributed by atoms with Gasteiger partial charge >= 0.3 is 35.6 Å². The van der Waals surface area contributed by atoms with Crippen molar-refractivity contribution in [1.29, 1.82) is 0 Å². The van der Waals surface area contributed by atoms with Crippen LogP contribution >= 0.6 is 18.6 Å². The summed E-state index contributed by atoms with van der Waals surface area (Å²) in [5.74, 6) is 0. The number of aliphatic hydroxyl groups excluding tert-OH is 1. The molecule has 0 heterocycles. The van der Waals surface area contributed by atoms with Crippen LogP contribution in [0.5, 0.6) is 0 Å². The Kier molecular flexibility index (Phi) is 15.5. The van der Waals surface area contributed by atoms with Gasteiger partial charge in [-0.3, -0.25) is 0 Å². The quantitative estimate of drug-likeness (QED) is 0.649. The Hall–Kier alpha value is -0.506. The van der Waals surface area contributed by atoms with Gasteiger partial charge in [-0.2, -0.15) is 0 Å². The van der Waals surface area contributed by atoms with E-state index in [0.717, 1.165) is 24.2 Å². The average molecular weight is 361 g/mol. The van der Waals surface area contributed by atoms with Gasteiger partial charge in [0.2, 0.25) is 0 Å². The molecule has 0 saturated heterocycles. The zero-order valence-electron chi connectivity index (χ0n) is 12.0. The minimum Gasteiger partial charge on any atom is -0.658 e. The molecule has 0 fully saturated rings. The molecule has 0 saturated carbocycles. The maximum atomic E-state index is 8.07. The van der Waals surface area contributed by atoms with E-state index >= 15 is 0 Å². The topological polar surface area (TPSA) is 34.3 Å². The number of hydrogen-bond acceptors (Lipinski definition) is 1. The largest absolute Gasteiger partial charge is 0.658 e. The van der Waals surface area contributed by atoms with Crippen molar-refractivity contribution in [2.75, 3.05) is 6.61 Å². The molecule has 0 unspecified atom stereocenters. The van der Waals surface area contributed by atoms with Crippen LogP contribution in [-0.2, 0) is 17.0 Å². The van der Waals surface area contributed by atoms with Crippen LogP contribution in [0.3, 0.4) is 0 Å². The monoisotopic (exact) mass is 360 g/mol. The van der Waals surface area contributed by atoms with E-state index in [-0.39, 0.29) is 0 Å². The summed E-state index contributed by atoms with van der Waals surface area (Å²) in [6, 6.07) is 19.9. The van der Waals surface area contributed by atoms with Crippen molar-refractivity contribution in [1.82, 2.24) is 0 Å². The van der Waals surface area contributed by atoms with Crippen molar-refractivity contribution in [2.45, 2.75) is 19.8 Å². The minimum atomic E-state index is -0.556. The van der Waals surface area contributed by atoms with E-state index in [0.29, 0.717) is 6.61 Å². The van der Waals surface area contributed by atoms with E-state index in [2.05, 4.69) is 12.2 Å². The molecule has 0 aromatic heterocycles. The number of aliphatic hydroxyl groups is 1. The number of halogens is 2. The molecule has 0 bridgehead atoms. The van der Waals surface area contributed by atoms with E-state index in [1.165, 1.54) is 0 Å². The second-order valence-corrected chi connectivity index (χ2v) is 6.51. The first-order valence-corrected chi connectivity index (χ1v) is 11.0. The van der Waals surface area contributed by atoms with Gasteiger partial charge in [-0.05, 0) is 6.42 Å². The molecule has 0 atom stereocenters. The third-order valence-electron chi connectivity index (χ3n) is 2.28. The van der Waals surface area contributed by atoms with Crippen LogP contribution < -0.4 is 0 Å². The van der Waals surface area contributed by atoms with E-state index < -0.39 is 17.0 Å². The maximum Gasteiger partial charge on any atom is -0.0624 e. The minimum absolute atomic E-state index is 0.344. The smallest absolute Gasteiger partial charge is 0.0624 e. The number of hydrogen-bond donors (Lipinski definition) is 1. The summed E-state index contributed by atoms with van der Waals surface area (Å²) in [6.07, 6.45) is 2.04. The van der Waals surface area contributed by atoms with E-state index in [1.54, 1.807) is 0 Å². The maximum absolute atomic E-state index is 8.07. The van der Waals surface area contributed by atoms with Gasteiger partial charge in [0.15, 0.2) is 0 Å². The Morgan fingerprint density at radius 2 is 1.29 bits per heavy atom. The Labute approximate surface area is 144 Å². The van der Waals surface area contributed by atoms with Crippen molar-refractivity contribution in [2.24, 2.45) is 0 Å². The molecule has 2 aromatic carbocycles. The molecule has 2 nitrogen and oxygen atoms in total. The summed E-state index contributed by atoms with van der Waals surface area (Å²) in [5, 5.41) is 12.5. The number of rotatable bonds is 4. The third-order valence-corrected chi connectivity index (χ3v) is 2.28. The SMILES string of the molecule is CCCCO.[Cl][Ti][Cl].c1ccc([N-]c2ccccc2)cc1. The van der Waals surface area contributed by atoms with Gasteiger partial charge in [0, 0.05) is 6.61 Å². The van der Waals surface area contributed by atoms with E-state index in [1.807, 2.05) is 60.7 Å². The van der Waals surface area contributed by atoms with Crippen molar-refractivity contribution in [3.63, 3.8) is 0 Å². The van der Waals surface area contributed by atoms with Gasteiger partial charge in [-0.15, -0.1) is 11.4 Å². The van der Waals surface area contributed by atoms with Gasteiger partial charge in [-0.1, -0.05) is 74.0 Å². The third kappa shape index (κ3) is 12.9. The standard InChI is InChI=1S/C12H10N.C4H10O.2ClH.Ti/c1-3-7-11(8-4-1)13-12-9-5-2-6-10-12;1-2-3-4-5;;;/h1-10H;5H,2-4H2,1H3;2*1H;/q-1;;;;+2/p-2. The number of unbranched alkanes of at least 4 members (excludes halogenated alkanes) is 1. The zero-order valence-corrected chi connectivity index (χ0v) is 15.1. The fourth-order valence-electron chi connectivity index (χ4n) is 1.31. The van der Waals surface area contributed by atoms with Crippen LogP contribution in [0.2, 0.25) is 0 Å². The van der Waals surface area contributed by atoms with Crippen LogP contribution in [-0.4, -0.2) is 11.7 Å². The molecule has 1 N–H and O–H groups in total. The Balaban J connectivity index is 0.000000422.